The number of halogens is 1. The zero-order valence-corrected chi connectivity index (χ0v) is 9.15. The summed E-state index contributed by atoms with van der Waals surface area (Å²) in [4.78, 5) is 0. The van der Waals surface area contributed by atoms with Gasteiger partial charge in [-0.3, -0.25) is 0 Å². The summed E-state index contributed by atoms with van der Waals surface area (Å²) in [5.74, 6) is 0.262. The van der Waals surface area contributed by atoms with E-state index in [1.807, 2.05) is 18.2 Å². The highest BCUT2D eigenvalue weighted by molar-refractivity contribution is 5.85. The molecule has 2 rings (SSSR count). The number of hydrogen-bond acceptors (Lipinski definition) is 4. The van der Waals surface area contributed by atoms with Crippen LogP contribution in [0.4, 0.5) is 0 Å². The van der Waals surface area contributed by atoms with Crippen LogP contribution in [0.3, 0.4) is 0 Å². The molecule has 6 heteroatoms. The predicted octanol–water partition coefficient (Wildman–Crippen LogP) is 0.999. The van der Waals surface area contributed by atoms with Gasteiger partial charge >= 0.3 is 0 Å². The average molecular weight is 240 g/mol. The van der Waals surface area contributed by atoms with Gasteiger partial charge in [0.15, 0.2) is 0 Å². The Morgan fingerprint density at radius 3 is 3.00 bits per heavy atom. The van der Waals surface area contributed by atoms with Gasteiger partial charge in [-0.2, -0.15) is 5.26 Å². The van der Waals surface area contributed by atoms with Crippen molar-refractivity contribution in [1.82, 2.24) is 9.61 Å². The number of aromatic nitrogens is 2. The van der Waals surface area contributed by atoms with E-state index < -0.39 is 0 Å². The van der Waals surface area contributed by atoms with Crippen molar-refractivity contribution in [2.45, 2.75) is 0 Å². The molecule has 0 radical (unpaired) electrons. The first-order valence-electron chi connectivity index (χ1n) is 4.48. The maximum absolute atomic E-state index is 8.96. The third-order valence-electron chi connectivity index (χ3n) is 1.95. The second-order valence-corrected chi connectivity index (χ2v) is 2.89. The van der Waals surface area contributed by atoms with Gasteiger partial charge in [0.25, 0.3) is 5.88 Å². The molecule has 0 atom stereocenters. The normalized spacial score (nSPS) is 9.50. The molecule has 1 N–H and O–H groups in total. The summed E-state index contributed by atoms with van der Waals surface area (Å²) in [6, 6.07) is 7.47. The number of nitriles is 1. The van der Waals surface area contributed by atoms with Crippen LogP contribution in [0.5, 0.6) is 5.88 Å². The number of fused-ring (bicyclic) bond motifs is 1. The van der Waals surface area contributed by atoms with Crippen LogP contribution in [-0.4, -0.2) is 27.9 Å². The topological polar surface area (TPSA) is 70.5 Å². The van der Waals surface area contributed by atoms with Crippen molar-refractivity contribution < 1.29 is 9.84 Å². The molecular formula is C10H10ClN3O2. The summed E-state index contributed by atoms with van der Waals surface area (Å²) in [6.45, 7) is 0.0390. The fraction of sp³-hybridized carbons (Fsp3) is 0.200. The van der Waals surface area contributed by atoms with E-state index in [1.165, 1.54) is 0 Å². The molecule has 0 fully saturated rings. The molecule has 0 spiro atoms. The maximum atomic E-state index is 8.96. The minimum Gasteiger partial charge on any atom is -0.473 e. The molecule has 0 saturated heterocycles. The van der Waals surface area contributed by atoms with Crippen molar-refractivity contribution >= 4 is 17.9 Å². The number of rotatable bonds is 3. The lowest BCUT2D eigenvalue weighted by atomic mass is 10.3. The lowest BCUT2D eigenvalue weighted by Crippen LogP contribution is -2.02. The van der Waals surface area contributed by atoms with Gasteiger partial charge in [-0.05, 0) is 12.1 Å². The third-order valence-corrected chi connectivity index (χ3v) is 1.95. The SMILES string of the molecule is Cl.N#Cc1c(OCCO)nn2ccccc12. The molecule has 16 heavy (non-hydrogen) atoms. The molecule has 5 nitrogen and oxygen atoms in total. The van der Waals surface area contributed by atoms with Crippen LogP contribution in [0.2, 0.25) is 0 Å². The summed E-state index contributed by atoms with van der Waals surface area (Å²) in [7, 11) is 0. The van der Waals surface area contributed by atoms with Gasteiger partial charge in [-0.15, -0.1) is 17.5 Å². The van der Waals surface area contributed by atoms with Crippen molar-refractivity contribution in [1.29, 1.82) is 5.26 Å². The molecule has 0 saturated carbocycles. The first-order chi connectivity index (χ1) is 7.36. The zero-order valence-electron chi connectivity index (χ0n) is 8.33. The Kier molecular flexibility index (Phi) is 4.11. The minimum absolute atomic E-state index is 0. The van der Waals surface area contributed by atoms with Gasteiger partial charge in [0.05, 0.1) is 12.1 Å². The van der Waals surface area contributed by atoms with Crippen LogP contribution in [-0.2, 0) is 0 Å². The number of ether oxygens (including phenoxy) is 1. The van der Waals surface area contributed by atoms with E-state index in [2.05, 4.69) is 5.10 Å². The highest BCUT2D eigenvalue weighted by atomic mass is 35.5. The Balaban J connectivity index is 0.00000128. The Bertz CT molecular complexity index is 518. The van der Waals surface area contributed by atoms with Crippen LogP contribution >= 0.6 is 12.4 Å². The molecule has 0 aromatic carbocycles. The van der Waals surface area contributed by atoms with E-state index in [0.717, 1.165) is 0 Å². The molecule has 2 aromatic rings. The summed E-state index contributed by atoms with van der Waals surface area (Å²) in [5, 5.41) is 21.7. The number of hydrogen-bond donors (Lipinski definition) is 1. The van der Waals surface area contributed by atoms with Crippen LogP contribution in [0, 0.1) is 11.3 Å². The number of nitrogens with zero attached hydrogens (tertiary/aromatic N) is 3. The van der Waals surface area contributed by atoms with E-state index in [0.29, 0.717) is 11.1 Å². The Labute approximate surface area is 98.3 Å². The Morgan fingerprint density at radius 2 is 2.31 bits per heavy atom. The maximum Gasteiger partial charge on any atom is 0.252 e. The second kappa shape index (κ2) is 5.35. The predicted molar refractivity (Wildman–Crippen MR) is 59.7 cm³/mol. The molecule has 0 aliphatic heterocycles. The average Bonchev–Trinajstić information content (AvgIpc) is 2.63. The largest absolute Gasteiger partial charge is 0.473 e. The molecule has 0 aliphatic carbocycles. The Hall–Kier alpha value is -1.77. The highest BCUT2D eigenvalue weighted by Gasteiger charge is 2.12. The van der Waals surface area contributed by atoms with E-state index in [-0.39, 0.29) is 31.5 Å². The standard InChI is InChI=1S/C10H9N3O2.ClH/c11-7-8-9-3-1-2-4-13(9)12-10(8)15-6-5-14;/h1-4,14H,5-6H2;1H. The number of aliphatic hydroxyl groups is 1. The van der Waals surface area contributed by atoms with E-state index >= 15 is 0 Å². The summed E-state index contributed by atoms with van der Waals surface area (Å²) in [5.41, 5.74) is 1.09. The van der Waals surface area contributed by atoms with Gasteiger partial charge < -0.3 is 9.84 Å². The van der Waals surface area contributed by atoms with E-state index in [9.17, 15) is 0 Å². The molecule has 0 bridgehead atoms. The van der Waals surface area contributed by atoms with Crippen molar-refractivity contribution in [3.63, 3.8) is 0 Å². The van der Waals surface area contributed by atoms with Crippen LogP contribution < -0.4 is 4.74 Å². The molecular weight excluding hydrogens is 230 g/mol. The number of pyridine rings is 1. The van der Waals surface area contributed by atoms with Gasteiger partial charge in [0.2, 0.25) is 0 Å². The molecule has 2 aromatic heterocycles. The highest BCUT2D eigenvalue weighted by Crippen LogP contribution is 2.20. The van der Waals surface area contributed by atoms with Gasteiger partial charge in [-0.1, -0.05) is 6.07 Å². The molecule has 0 amide bonds. The first-order valence-corrected chi connectivity index (χ1v) is 4.48. The quantitative estimate of drug-likeness (QED) is 0.868. The molecule has 0 unspecified atom stereocenters. The van der Waals surface area contributed by atoms with Crippen LogP contribution in [0.1, 0.15) is 5.56 Å². The molecule has 0 aliphatic rings. The third kappa shape index (κ3) is 2.08. The van der Waals surface area contributed by atoms with Crippen molar-refractivity contribution in [3.8, 4) is 11.9 Å². The molecule has 84 valence electrons. The lowest BCUT2D eigenvalue weighted by molar-refractivity contribution is 0.196. The number of aliphatic hydroxyl groups excluding tert-OH is 1. The molecule has 2 heterocycles. The van der Waals surface area contributed by atoms with Crippen LogP contribution in [0.15, 0.2) is 24.4 Å². The zero-order chi connectivity index (χ0) is 10.7. The second-order valence-electron chi connectivity index (χ2n) is 2.89. The summed E-state index contributed by atoms with van der Waals surface area (Å²) >= 11 is 0. The van der Waals surface area contributed by atoms with Crippen LogP contribution in [0.25, 0.3) is 5.52 Å². The smallest absolute Gasteiger partial charge is 0.252 e. The van der Waals surface area contributed by atoms with Gasteiger partial charge in [0.1, 0.15) is 18.2 Å². The fourth-order valence-corrected chi connectivity index (χ4v) is 1.33. The Morgan fingerprint density at radius 1 is 1.50 bits per heavy atom. The minimum atomic E-state index is -0.0985. The first kappa shape index (κ1) is 12.3. The summed E-state index contributed by atoms with van der Waals surface area (Å²) in [6.07, 6.45) is 1.74. The van der Waals surface area contributed by atoms with Gasteiger partial charge in [-0.25, -0.2) is 4.52 Å². The summed E-state index contributed by atoms with van der Waals surface area (Å²) < 4.78 is 6.73. The van der Waals surface area contributed by atoms with E-state index in [1.54, 1.807) is 16.8 Å². The monoisotopic (exact) mass is 239 g/mol. The van der Waals surface area contributed by atoms with Gasteiger partial charge in [0, 0.05) is 6.20 Å². The lowest BCUT2D eigenvalue weighted by Gasteiger charge is -1.97. The fourth-order valence-electron chi connectivity index (χ4n) is 1.33. The van der Waals surface area contributed by atoms with Crippen molar-refractivity contribution in [2.75, 3.05) is 13.2 Å². The van der Waals surface area contributed by atoms with E-state index in [4.69, 9.17) is 15.1 Å². The van der Waals surface area contributed by atoms with Crippen molar-refractivity contribution in [2.24, 2.45) is 0 Å². The van der Waals surface area contributed by atoms with Crippen molar-refractivity contribution in [3.05, 3.63) is 30.0 Å².